The average molecular weight is 269 g/mol. The lowest BCUT2D eigenvalue weighted by Crippen LogP contribution is -1.98. The normalized spacial score (nSPS) is 10.8. The van der Waals surface area contributed by atoms with Gasteiger partial charge in [0.15, 0.2) is 0 Å². The fraction of sp³-hybridized carbons (Fsp3) is 0.167. The van der Waals surface area contributed by atoms with E-state index < -0.39 is 10.1 Å². The van der Waals surface area contributed by atoms with Crippen LogP contribution in [0, 0.1) is 0 Å². The molecule has 0 unspecified atom stereocenters. The number of phenols is 1. The average Bonchev–Trinajstić information content (AvgIpc) is 2.27. The molecule has 2 rings (SSSR count). The minimum atomic E-state index is -4.26. The van der Waals surface area contributed by atoms with Gasteiger partial charge in [-0.05, 0) is 30.1 Å². The van der Waals surface area contributed by atoms with Crippen LogP contribution in [0.2, 0.25) is 0 Å². The summed E-state index contributed by atoms with van der Waals surface area (Å²) >= 11 is 0. The van der Waals surface area contributed by atoms with Gasteiger partial charge in [-0.3, -0.25) is 4.55 Å². The summed E-state index contributed by atoms with van der Waals surface area (Å²) in [4.78, 5) is -0.198. The maximum atomic E-state index is 11.0. The van der Waals surface area contributed by atoms with E-state index in [2.05, 4.69) is 0 Å². The lowest BCUT2D eigenvalue weighted by atomic mass is 10.1. The number of rotatable bonds is 1. The van der Waals surface area contributed by atoms with Crippen LogP contribution in [0.5, 0.6) is 5.75 Å². The van der Waals surface area contributed by atoms with Crippen molar-refractivity contribution >= 4 is 20.9 Å². The molecular weight excluding hydrogens is 254 g/mol. The third-order valence-corrected chi connectivity index (χ3v) is 3.02. The summed E-state index contributed by atoms with van der Waals surface area (Å²) in [6, 6.07) is 8.86. The molecule has 0 saturated carbocycles. The fourth-order valence-corrected chi connectivity index (χ4v) is 2.16. The van der Waals surface area contributed by atoms with Gasteiger partial charge in [0.25, 0.3) is 10.1 Å². The van der Waals surface area contributed by atoms with Gasteiger partial charge < -0.3 is 10.8 Å². The predicted octanol–water partition coefficient (Wildman–Crippen LogP) is 1.76. The van der Waals surface area contributed by atoms with Crippen molar-refractivity contribution in [3.8, 4) is 5.75 Å². The van der Waals surface area contributed by atoms with Gasteiger partial charge in [0.2, 0.25) is 0 Å². The molecule has 5 nitrogen and oxygen atoms in total. The van der Waals surface area contributed by atoms with E-state index in [4.69, 9.17) is 10.3 Å². The molecule has 2 aromatic carbocycles. The smallest absolute Gasteiger partial charge is 0.295 e. The van der Waals surface area contributed by atoms with E-state index >= 15 is 0 Å². The molecule has 0 heterocycles. The molecule has 0 spiro atoms. The molecular formula is C12H15NO4S. The number of nitrogens with two attached hydrogens (primary N) is 1. The zero-order valence-corrected chi connectivity index (χ0v) is 10.7. The molecule has 0 aliphatic heterocycles. The van der Waals surface area contributed by atoms with Crippen LogP contribution in [0.3, 0.4) is 0 Å². The second-order valence-corrected chi connectivity index (χ2v) is 4.93. The molecule has 0 amide bonds. The van der Waals surface area contributed by atoms with Gasteiger partial charge in [0.05, 0.1) is 0 Å². The molecule has 4 N–H and O–H groups in total. The second kappa shape index (κ2) is 5.81. The van der Waals surface area contributed by atoms with E-state index in [1.54, 1.807) is 12.1 Å². The Bertz CT molecular complexity index is 638. The summed E-state index contributed by atoms with van der Waals surface area (Å²) in [5.41, 5.74) is 4.85. The number of benzene rings is 2. The predicted molar refractivity (Wildman–Crippen MR) is 70.2 cm³/mol. The Kier molecular flexibility index (Phi) is 4.66. The quantitative estimate of drug-likeness (QED) is 0.685. The van der Waals surface area contributed by atoms with Crippen LogP contribution in [-0.2, 0) is 10.1 Å². The largest absolute Gasteiger partial charge is 0.508 e. The Morgan fingerprint density at radius 1 is 1.22 bits per heavy atom. The summed E-state index contributed by atoms with van der Waals surface area (Å²) in [5.74, 6) is -0.0430. The SMILES string of the molecule is CCN.O=S(=O)(O)c1cccc2ccc(O)cc12. The van der Waals surface area contributed by atoms with E-state index in [1.165, 1.54) is 24.3 Å². The zero-order valence-electron chi connectivity index (χ0n) is 9.87. The van der Waals surface area contributed by atoms with Gasteiger partial charge in [0, 0.05) is 5.39 Å². The van der Waals surface area contributed by atoms with Crippen molar-refractivity contribution in [2.45, 2.75) is 11.8 Å². The van der Waals surface area contributed by atoms with Gasteiger partial charge in [-0.2, -0.15) is 8.42 Å². The summed E-state index contributed by atoms with van der Waals surface area (Å²) in [5, 5.41) is 10.2. The number of phenolic OH excluding ortho intramolecular Hbond substituents is 1. The van der Waals surface area contributed by atoms with Crippen LogP contribution >= 0.6 is 0 Å². The first-order valence-corrected chi connectivity index (χ1v) is 6.73. The highest BCUT2D eigenvalue weighted by Gasteiger charge is 2.13. The molecule has 0 aliphatic carbocycles. The molecule has 98 valence electrons. The van der Waals surface area contributed by atoms with Crippen molar-refractivity contribution in [1.82, 2.24) is 0 Å². The maximum absolute atomic E-state index is 11.0. The minimum Gasteiger partial charge on any atom is -0.508 e. The minimum absolute atomic E-state index is 0.0430. The Morgan fingerprint density at radius 2 is 1.83 bits per heavy atom. The van der Waals surface area contributed by atoms with Gasteiger partial charge in [-0.25, -0.2) is 0 Å². The molecule has 0 bridgehead atoms. The molecule has 6 heteroatoms. The molecule has 18 heavy (non-hydrogen) atoms. The molecule has 0 aliphatic rings. The highest BCUT2D eigenvalue weighted by molar-refractivity contribution is 7.86. The van der Waals surface area contributed by atoms with Gasteiger partial charge in [-0.15, -0.1) is 0 Å². The van der Waals surface area contributed by atoms with Crippen molar-refractivity contribution in [1.29, 1.82) is 0 Å². The van der Waals surface area contributed by atoms with Crippen LogP contribution in [0.1, 0.15) is 6.92 Å². The summed E-state index contributed by atoms with van der Waals surface area (Å²) in [6.07, 6.45) is 0. The summed E-state index contributed by atoms with van der Waals surface area (Å²) in [7, 11) is -4.26. The summed E-state index contributed by atoms with van der Waals surface area (Å²) < 4.78 is 31.0. The van der Waals surface area contributed by atoms with Crippen LogP contribution < -0.4 is 5.73 Å². The lowest BCUT2D eigenvalue weighted by molar-refractivity contribution is 0.476. The van der Waals surface area contributed by atoms with Crippen molar-refractivity contribution < 1.29 is 18.1 Å². The van der Waals surface area contributed by atoms with E-state index in [0.29, 0.717) is 10.8 Å². The Hall–Kier alpha value is -1.63. The lowest BCUT2D eigenvalue weighted by Gasteiger charge is -2.03. The Morgan fingerprint density at radius 3 is 2.39 bits per heavy atom. The van der Waals surface area contributed by atoms with Crippen molar-refractivity contribution in [2.75, 3.05) is 6.54 Å². The molecule has 0 atom stereocenters. The van der Waals surface area contributed by atoms with Crippen molar-refractivity contribution in [3.63, 3.8) is 0 Å². The van der Waals surface area contributed by atoms with Gasteiger partial charge >= 0.3 is 0 Å². The maximum Gasteiger partial charge on any atom is 0.295 e. The zero-order chi connectivity index (χ0) is 13.8. The number of fused-ring (bicyclic) bond motifs is 1. The van der Waals surface area contributed by atoms with Crippen LogP contribution in [0.25, 0.3) is 10.8 Å². The van der Waals surface area contributed by atoms with Gasteiger partial charge in [0.1, 0.15) is 10.6 Å². The van der Waals surface area contributed by atoms with E-state index in [-0.39, 0.29) is 10.6 Å². The first-order chi connectivity index (χ1) is 8.40. The Balaban J connectivity index is 0.000000492. The third-order valence-electron chi connectivity index (χ3n) is 2.10. The second-order valence-electron chi connectivity index (χ2n) is 3.54. The standard InChI is InChI=1S/C10H8O4S.C2H7N/c11-8-5-4-7-2-1-3-10(9(7)6-8)15(12,13)14;1-2-3/h1-6,11H,(H,12,13,14);2-3H2,1H3. The highest BCUT2D eigenvalue weighted by atomic mass is 32.2. The van der Waals surface area contributed by atoms with Crippen LogP contribution in [-0.4, -0.2) is 24.6 Å². The molecule has 0 radical (unpaired) electrons. The number of hydrogen-bond donors (Lipinski definition) is 3. The summed E-state index contributed by atoms with van der Waals surface area (Å²) in [6.45, 7) is 2.65. The Labute approximate surface area is 106 Å². The monoisotopic (exact) mass is 269 g/mol. The van der Waals surface area contributed by atoms with Crippen LogP contribution in [0.4, 0.5) is 0 Å². The van der Waals surface area contributed by atoms with Gasteiger partial charge in [-0.1, -0.05) is 25.1 Å². The molecule has 0 saturated heterocycles. The first-order valence-electron chi connectivity index (χ1n) is 5.29. The van der Waals surface area contributed by atoms with E-state index in [0.717, 1.165) is 6.54 Å². The van der Waals surface area contributed by atoms with E-state index in [9.17, 15) is 13.5 Å². The van der Waals surface area contributed by atoms with E-state index in [1.807, 2.05) is 6.92 Å². The third kappa shape index (κ3) is 3.43. The number of aromatic hydroxyl groups is 1. The number of hydrogen-bond acceptors (Lipinski definition) is 4. The molecule has 2 aromatic rings. The van der Waals surface area contributed by atoms with Crippen molar-refractivity contribution in [3.05, 3.63) is 36.4 Å². The topological polar surface area (TPSA) is 101 Å². The van der Waals surface area contributed by atoms with Crippen molar-refractivity contribution in [2.24, 2.45) is 5.73 Å². The first kappa shape index (κ1) is 14.4. The highest BCUT2D eigenvalue weighted by Crippen LogP contribution is 2.26. The molecule has 0 fully saturated rings. The molecule has 0 aromatic heterocycles. The fourth-order valence-electron chi connectivity index (χ4n) is 1.46. The van der Waals surface area contributed by atoms with Crippen LogP contribution in [0.15, 0.2) is 41.3 Å².